The summed E-state index contributed by atoms with van der Waals surface area (Å²) in [6, 6.07) is 7.39. The van der Waals surface area contributed by atoms with Gasteiger partial charge in [-0.2, -0.15) is 0 Å². The lowest BCUT2D eigenvalue weighted by molar-refractivity contribution is -0.126. The molecule has 0 unspecified atom stereocenters. The quantitative estimate of drug-likeness (QED) is 0.221. The molecular formula is C35H44ClFN6O6. The third-order valence-electron chi connectivity index (χ3n) is 9.77. The van der Waals surface area contributed by atoms with Crippen LogP contribution in [0, 0.1) is 0 Å². The van der Waals surface area contributed by atoms with Crippen LogP contribution < -0.4 is 10.2 Å². The van der Waals surface area contributed by atoms with Crippen LogP contribution in [-0.2, 0) is 42.3 Å². The molecule has 12 nitrogen and oxygen atoms in total. The Bertz CT molecular complexity index is 1640. The van der Waals surface area contributed by atoms with Crippen molar-refractivity contribution >= 4 is 46.2 Å². The normalized spacial score (nSPS) is 19.7. The predicted octanol–water partition coefficient (Wildman–Crippen LogP) is 4.94. The van der Waals surface area contributed by atoms with Crippen molar-refractivity contribution in [3.63, 3.8) is 0 Å². The van der Waals surface area contributed by atoms with Crippen LogP contribution in [0.3, 0.4) is 0 Å². The van der Waals surface area contributed by atoms with E-state index < -0.39 is 18.2 Å². The lowest BCUT2D eigenvalue weighted by atomic mass is 9.74. The largest absolute Gasteiger partial charge is 0.446 e. The Morgan fingerprint density at radius 2 is 1.90 bits per heavy atom. The molecule has 3 aromatic rings. The first-order valence-corrected chi connectivity index (χ1v) is 17.6. The lowest BCUT2D eigenvalue weighted by Gasteiger charge is -2.40. The monoisotopic (exact) mass is 698 g/mol. The first-order valence-electron chi connectivity index (χ1n) is 17.2. The van der Waals surface area contributed by atoms with Crippen molar-refractivity contribution in [2.45, 2.75) is 82.5 Å². The van der Waals surface area contributed by atoms with Gasteiger partial charge in [-0.25, -0.2) is 9.78 Å². The number of nitrogens with zero attached hydrogens (tertiary/aromatic N) is 5. The topological polar surface area (TPSA) is 128 Å². The van der Waals surface area contributed by atoms with Crippen LogP contribution >= 0.6 is 11.6 Å². The van der Waals surface area contributed by atoms with E-state index in [2.05, 4.69) is 10.3 Å². The number of unbranched alkanes of at least 4 members (excludes halogenated alkanes) is 1. The number of likely N-dealkylation sites (tertiary alicyclic amines) is 1. The van der Waals surface area contributed by atoms with Gasteiger partial charge in [0.15, 0.2) is 0 Å². The zero-order valence-electron chi connectivity index (χ0n) is 27.9. The molecule has 0 bridgehead atoms. The van der Waals surface area contributed by atoms with Gasteiger partial charge in [-0.3, -0.25) is 19.0 Å². The second kappa shape index (κ2) is 15.8. The number of imidazole rings is 1. The number of anilines is 1. The highest BCUT2D eigenvalue weighted by Crippen LogP contribution is 2.48. The number of rotatable bonds is 15. The number of benzene rings is 1. The molecule has 2 aliphatic heterocycles. The number of halogens is 2. The molecule has 1 aliphatic carbocycles. The fraction of sp³-hybridized carbons (Fsp3) is 0.571. The van der Waals surface area contributed by atoms with Gasteiger partial charge in [-0.1, -0.05) is 11.6 Å². The standard InChI is InChI=1S/C35H44ClFN6O6/c1-2-47-17-18-48-16-8-32(44)39-25-20-26(21-25)49-34(46)41-14-9-35(10-15-41)27-7-12-38-22-30(27)43(33(35)45)23-31-40-28-19-24(36)5-6-29(28)42(31)13-4-3-11-37/h5-7,12,19,22,25-26H,2-4,8-11,13-18,20-21,23H2,1H3,(H,39,44). The van der Waals surface area contributed by atoms with Gasteiger partial charge in [0.2, 0.25) is 11.8 Å². The van der Waals surface area contributed by atoms with Crippen LogP contribution in [0.15, 0.2) is 36.7 Å². The molecule has 0 radical (unpaired) electrons. The zero-order valence-corrected chi connectivity index (χ0v) is 28.6. The highest BCUT2D eigenvalue weighted by molar-refractivity contribution is 6.31. The molecule has 1 spiro atoms. The van der Waals surface area contributed by atoms with Crippen molar-refractivity contribution in [2.24, 2.45) is 0 Å². The summed E-state index contributed by atoms with van der Waals surface area (Å²) in [6.45, 7) is 5.00. The number of ether oxygens (including phenoxy) is 3. The average molecular weight is 699 g/mol. The SMILES string of the molecule is CCOCCOCCC(=O)NC1CC(OC(=O)N2CCC3(CC2)C(=O)N(Cc2nc4cc(Cl)ccc4n2CCCCF)c2cnccc23)C1. The Morgan fingerprint density at radius 1 is 1.10 bits per heavy atom. The average Bonchev–Trinajstić information content (AvgIpc) is 3.53. The fourth-order valence-electron chi connectivity index (χ4n) is 7.05. The van der Waals surface area contributed by atoms with Gasteiger partial charge in [0.1, 0.15) is 11.9 Å². The van der Waals surface area contributed by atoms with Crippen molar-refractivity contribution in [3.05, 3.63) is 53.1 Å². The minimum atomic E-state index is -0.790. The molecule has 3 aliphatic rings. The summed E-state index contributed by atoms with van der Waals surface area (Å²) in [5.74, 6) is 0.566. The van der Waals surface area contributed by atoms with E-state index in [1.54, 1.807) is 34.3 Å². The van der Waals surface area contributed by atoms with Crippen LogP contribution in [0.5, 0.6) is 0 Å². The minimum absolute atomic E-state index is 0.0283. The minimum Gasteiger partial charge on any atom is -0.446 e. The van der Waals surface area contributed by atoms with Crippen molar-refractivity contribution in [2.75, 3.05) is 51.1 Å². The summed E-state index contributed by atoms with van der Waals surface area (Å²) in [4.78, 5) is 52.3. The number of aromatic nitrogens is 3. The van der Waals surface area contributed by atoms with E-state index in [1.807, 2.05) is 23.6 Å². The van der Waals surface area contributed by atoms with Gasteiger partial charge in [-0.15, -0.1) is 0 Å². The summed E-state index contributed by atoms with van der Waals surface area (Å²) < 4.78 is 31.4. The van der Waals surface area contributed by atoms with Gasteiger partial charge in [-0.05, 0) is 62.4 Å². The summed E-state index contributed by atoms with van der Waals surface area (Å²) >= 11 is 6.26. The van der Waals surface area contributed by atoms with E-state index in [9.17, 15) is 18.8 Å². The molecule has 1 N–H and O–H groups in total. The summed E-state index contributed by atoms with van der Waals surface area (Å²) in [5, 5.41) is 3.53. The maximum Gasteiger partial charge on any atom is 0.410 e. The fourth-order valence-corrected chi connectivity index (χ4v) is 7.22. The van der Waals surface area contributed by atoms with Gasteiger partial charge in [0.25, 0.3) is 0 Å². The first-order chi connectivity index (χ1) is 23.8. The van der Waals surface area contributed by atoms with Gasteiger partial charge in [0.05, 0.1) is 61.4 Å². The molecular weight excluding hydrogens is 655 g/mol. The zero-order chi connectivity index (χ0) is 34.4. The number of fused-ring (bicyclic) bond motifs is 3. The Hall–Kier alpha value is -3.81. The number of hydrogen-bond acceptors (Lipinski definition) is 8. The maximum atomic E-state index is 14.4. The second-order valence-electron chi connectivity index (χ2n) is 12.9. The highest BCUT2D eigenvalue weighted by atomic mass is 35.5. The molecule has 3 amide bonds. The number of nitrogens with one attached hydrogen (secondary N) is 1. The Balaban J connectivity index is 1.04. The van der Waals surface area contributed by atoms with Gasteiger partial charge in [0, 0.05) is 62.8 Å². The molecule has 4 heterocycles. The second-order valence-corrected chi connectivity index (χ2v) is 13.3. The summed E-state index contributed by atoms with van der Waals surface area (Å²) in [5.41, 5.74) is 2.46. The molecule has 1 aromatic carbocycles. The molecule has 49 heavy (non-hydrogen) atoms. The number of aryl methyl sites for hydroxylation is 1. The maximum absolute atomic E-state index is 14.4. The van der Waals surface area contributed by atoms with Crippen molar-refractivity contribution in [1.29, 1.82) is 0 Å². The molecule has 2 fully saturated rings. The number of hydrogen-bond donors (Lipinski definition) is 1. The number of carbonyl (C=O) groups is 3. The Labute approximate surface area is 290 Å². The number of alkyl halides is 1. The van der Waals surface area contributed by atoms with E-state index in [0.29, 0.717) is 95.4 Å². The first kappa shape index (κ1) is 35.0. The van der Waals surface area contributed by atoms with Crippen molar-refractivity contribution in [3.8, 4) is 0 Å². The third-order valence-corrected chi connectivity index (χ3v) is 10.0. The molecule has 2 aromatic heterocycles. The van der Waals surface area contributed by atoms with Gasteiger partial charge >= 0.3 is 6.09 Å². The van der Waals surface area contributed by atoms with Gasteiger partial charge < -0.3 is 33.9 Å². The Morgan fingerprint density at radius 3 is 2.67 bits per heavy atom. The summed E-state index contributed by atoms with van der Waals surface area (Å²) in [6.07, 6.45) is 6.15. The van der Waals surface area contributed by atoms with Crippen LogP contribution in [0.25, 0.3) is 11.0 Å². The van der Waals surface area contributed by atoms with Crippen LogP contribution in [0.1, 0.15) is 63.3 Å². The lowest BCUT2D eigenvalue weighted by Crippen LogP contribution is -2.52. The summed E-state index contributed by atoms with van der Waals surface area (Å²) in [7, 11) is 0. The third kappa shape index (κ3) is 7.68. The van der Waals surface area contributed by atoms with Crippen molar-refractivity contribution < 1.29 is 33.0 Å². The van der Waals surface area contributed by atoms with E-state index in [0.717, 1.165) is 22.3 Å². The van der Waals surface area contributed by atoms with E-state index >= 15 is 0 Å². The molecule has 6 rings (SSSR count). The van der Waals surface area contributed by atoms with E-state index in [4.69, 9.17) is 30.8 Å². The van der Waals surface area contributed by atoms with E-state index in [-0.39, 0.29) is 36.9 Å². The highest BCUT2D eigenvalue weighted by Gasteiger charge is 2.53. The number of piperidine rings is 1. The smallest absolute Gasteiger partial charge is 0.410 e. The molecule has 0 atom stereocenters. The van der Waals surface area contributed by atoms with Crippen LogP contribution in [-0.4, -0.2) is 95.7 Å². The number of carbonyl (C=O) groups excluding carboxylic acids is 3. The number of pyridine rings is 1. The van der Waals surface area contributed by atoms with Crippen LogP contribution in [0.4, 0.5) is 14.9 Å². The molecule has 1 saturated carbocycles. The molecule has 1 saturated heterocycles. The molecule has 264 valence electrons. The van der Waals surface area contributed by atoms with E-state index in [1.165, 1.54) is 0 Å². The Kier molecular flexibility index (Phi) is 11.3. The number of amides is 3. The van der Waals surface area contributed by atoms with Crippen molar-refractivity contribution in [1.82, 2.24) is 24.8 Å². The van der Waals surface area contributed by atoms with Crippen LogP contribution in [0.2, 0.25) is 5.02 Å². The molecule has 14 heteroatoms. The predicted molar refractivity (Wildman–Crippen MR) is 181 cm³/mol.